The Morgan fingerprint density at radius 1 is 1.19 bits per heavy atom. The molecule has 1 amide bonds. The minimum atomic E-state index is -0.507. The number of thiocarbonyl (C=S) groups is 1. The van der Waals surface area contributed by atoms with Gasteiger partial charge in [-0.2, -0.15) is 0 Å². The maximum atomic E-state index is 12.2. The minimum absolute atomic E-state index is 0.0816. The standard InChI is InChI=1S/C12H20N2OS/c13-10(16)12(7-4-8-12)11(15)14-9-5-2-1-3-6-9/h9H,1-8H2,(H2,13,16)(H,14,15). The Kier molecular flexibility index (Phi) is 3.47. The van der Waals surface area contributed by atoms with Gasteiger partial charge in [-0.15, -0.1) is 0 Å². The van der Waals surface area contributed by atoms with E-state index in [0.29, 0.717) is 11.0 Å². The van der Waals surface area contributed by atoms with Crippen LogP contribution in [0.1, 0.15) is 51.4 Å². The van der Waals surface area contributed by atoms with Crippen molar-refractivity contribution in [3.63, 3.8) is 0 Å². The topological polar surface area (TPSA) is 55.1 Å². The van der Waals surface area contributed by atoms with Crippen LogP contribution in [0.5, 0.6) is 0 Å². The lowest BCUT2D eigenvalue weighted by atomic mass is 9.68. The molecule has 0 aromatic heterocycles. The lowest BCUT2D eigenvalue weighted by Crippen LogP contribution is -2.55. The Bertz CT molecular complexity index is 293. The van der Waals surface area contributed by atoms with Gasteiger partial charge in [-0.1, -0.05) is 37.9 Å². The number of hydrogen-bond acceptors (Lipinski definition) is 2. The molecule has 2 aliphatic rings. The molecule has 3 N–H and O–H groups in total. The number of nitrogens with one attached hydrogen (secondary N) is 1. The summed E-state index contributed by atoms with van der Waals surface area (Å²) < 4.78 is 0. The highest BCUT2D eigenvalue weighted by atomic mass is 32.1. The Morgan fingerprint density at radius 3 is 2.25 bits per heavy atom. The van der Waals surface area contributed by atoms with Crippen molar-refractivity contribution < 1.29 is 4.79 Å². The van der Waals surface area contributed by atoms with Gasteiger partial charge in [-0.05, 0) is 25.7 Å². The maximum absolute atomic E-state index is 12.2. The quantitative estimate of drug-likeness (QED) is 0.741. The molecule has 0 heterocycles. The Morgan fingerprint density at radius 2 is 1.81 bits per heavy atom. The van der Waals surface area contributed by atoms with Crippen molar-refractivity contribution in [2.24, 2.45) is 11.1 Å². The molecule has 90 valence electrons. The summed E-state index contributed by atoms with van der Waals surface area (Å²) in [4.78, 5) is 12.6. The van der Waals surface area contributed by atoms with Crippen molar-refractivity contribution in [1.82, 2.24) is 5.32 Å². The van der Waals surface area contributed by atoms with Crippen LogP contribution in [0.15, 0.2) is 0 Å². The van der Waals surface area contributed by atoms with Gasteiger partial charge >= 0.3 is 0 Å². The summed E-state index contributed by atoms with van der Waals surface area (Å²) in [5.41, 5.74) is 5.20. The largest absolute Gasteiger partial charge is 0.392 e. The number of rotatable bonds is 3. The molecule has 2 aliphatic carbocycles. The van der Waals surface area contributed by atoms with Gasteiger partial charge in [0, 0.05) is 6.04 Å². The van der Waals surface area contributed by atoms with Gasteiger partial charge in [0.25, 0.3) is 0 Å². The summed E-state index contributed by atoms with van der Waals surface area (Å²) in [5, 5.41) is 3.14. The zero-order valence-electron chi connectivity index (χ0n) is 9.63. The molecule has 0 aliphatic heterocycles. The van der Waals surface area contributed by atoms with E-state index in [9.17, 15) is 4.79 Å². The van der Waals surface area contributed by atoms with E-state index < -0.39 is 5.41 Å². The van der Waals surface area contributed by atoms with E-state index >= 15 is 0 Å². The molecular formula is C12H20N2OS. The molecule has 0 aromatic carbocycles. The summed E-state index contributed by atoms with van der Waals surface area (Å²) in [5.74, 6) is 0.0816. The molecular weight excluding hydrogens is 220 g/mol. The van der Waals surface area contributed by atoms with Crippen LogP contribution in [-0.2, 0) is 4.79 Å². The third-order valence-electron chi connectivity index (χ3n) is 4.05. The Hall–Kier alpha value is -0.640. The summed E-state index contributed by atoms with van der Waals surface area (Å²) in [7, 11) is 0. The minimum Gasteiger partial charge on any atom is -0.392 e. The third-order valence-corrected chi connectivity index (χ3v) is 4.44. The molecule has 2 saturated carbocycles. The highest BCUT2D eigenvalue weighted by Gasteiger charge is 2.47. The van der Waals surface area contributed by atoms with Crippen LogP contribution in [0.4, 0.5) is 0 Å². The van der Waals surface area contributed by atoms with E-state index in [4.69, 9.17) is 18.0 Å². The molecule has 2 rings (SSSR count). The summed E-state index contributed by atoms with van der Waals surface area (Å²) in [6.45, 7) is 0. The van der Waals surface area contributed by atoms with E-state index in [1.807, 2.05) is 0 Å². The van der Waals surface area contributed by atoms with Crippen LogP contribution in [0.3, 0.4) is 0 Å². The lowest BCUT2D eigenvalue weighted by Gasteiger charge is -2.40. The molecule has 3 nitrogen and oxygen atoms in total. The van der Waals surface area contributed by atoms with Gasteiger partial charge < -0.3 is 11.1 Å². The molecule has 0 radical (unpaired) electrons. The number of amides is 1. The lowest BCUT2D eigenvalue weighted by molar-refractivity contribution is -0.131. The van der Waals surface area contributed by atoms with Crippen molar-refractivity contribution in [2.45, 2.75) is 57.4 Å². The second-order valence-electron chi connectivity index (χ2n) is 5.11. The summed E-state index contributed by atoms with van der Waals surface area (Å²) >= 11 is 5.04. The van der Waals surface area contributed by atoms with Crippen LogP contribution < -0.4 is 11.1 Å². The fourth-order valence-corrected chi connectivity index (χ4v) is 2.98. The molecule has 0 aromatic rings. The third kappa shape index (κ3) is 2.08. The number of carbonyl (C=O) groups excluding carboxylic acids is 1. The average molecular weight is 240 g/mol. The molecule has 0 bridgehead atoms. The van der Waals surface area contributed by atoms with Gasteiger partial charge in [0.05, 0.1) is 10.4 Å². The van der Waals surface area contributed by atoms with Crippen LogP contribution in [0.25, 0.3) is 0 Å². The molecule has 0 unspecified atom stereocenters. The monoisotopic (exact) mass is 240 g/mol. The fourth-order valence-electron chi connectivity index (χ4n) is 2.69. The van der Waals surface area contributed by atoms with E-state index in [-0.39, 0.29) is 5.91 Å². The van der Waals surface area contributed by atoms with Crippen LogP contribution >= 0.6 is 12.2 Å². The van der Waals surface area contributed by atoms with Crippen LogP contribution in [0.2, 0.25) is 0 Å². The van der Waals surface area contributed by atoms with Crippen molar-refractivity contribution in [3.05, 3.63) is 0 Å². The van der Waals surface area contributed by atoms with Crippen molar-refractivity contribution in [2.75, 3.05) is 0 Å². The Balaban J connectivity index is 1.93. The Labute approximate surface area is 102 Å². The second kappa shape index (κ2) is 4.70. The van der Waals surface area contributed by atoms with Crippen molar-refractivity contribution in [1.29, 1.82) is 0 Å². The highest BCUT2D eigenvalue weighted by molar-refractivity contribution is 7.80. The van der Waals surface area contributed by atoms with Crippen molar-refractivity contribution in [3.8, 4) is 0 Å². The summed E-state index contributed by atoms with van der Waals surface area (Å²) in [6.07, 6.45) is 8.71. The number of carbonyl (C=O) groups is 1. The summed E-state index contributed by atoms with van der Waals surface area (Å²) in [6, 6.07) is 0.355. The predicted octanol–water partition coefficient (Wildman–Crippen LogP) is 1.89. The number of hydrogen-bond donors (Lipinski definition) is 2. The average Bonchev–Trinajstić information content (AvgIpc) is 2.16. The normalized spacial score (nSPS) is 24.5. The van der Waals surface area contributed by atoms with Gasteiger partial charge in [-0.25, -0.2) is 0 Å². The molecule has 0 spiro atoms. The second-order valence-corrected chi connectivity index (χ2v) is 5.55. The zero-order chi connectivity index (χ0) is 11.6. The molecule has 0 saturated heterocycles. The fraction of sp³-hybridized carbons (Fsp3) is 0.833. The van der Waals surface area contributed by atoms with Gasteiger partial charge in [-0.3, -0.25) is 4.79 Å². The first-order valence-corrected chi connectivity index (χ1v) is 6.67. The van der Waals surface area contributed by atoms with Gasteiger partial charge in [0.1, 0.15) is 0 Å². The molecule has 2 fully saturated rings. The SMILES string of the molecule is NC(=S)C1(C(=O)NC2CCCCC2)CCC1. The first-order chi connectivity index (χ1) is 7.65. The van der Waals surface area contributed by atoms with Gasteiger partial charge in [0.2, 0.25) is 5.91 Å². The first-order valence-electron chi connectivity index (χ1n) is 6.26. The highest BCUT2D eigenvalue weighted by Crippen LogP contribution is 2.41. The maximum Gasteiger partial charge on any atom is 0.233 e. The zero-order valence-corrected chi connectivity index (χ0v) is 10.4. The van der Waals surface area contributed by atoms with E-state index in [0.717, 1.165) is 32.1 Å². The molecule has 4 heteroatoms. The van der Waals surface area contributed by atoms with E-state index in [1.54, 1.807) is 0 Å². The first kappa shape index (κ1) is 11.8. The van der Waals surface area contributed by atoms with Crippen LogP contribution in [0, 0.1) is 5.41 Å². The van der Waals surface area contributed by atoms with Crippen LogP contribution in [-0.4, -0.2) is 16.9 Å². The van der Waals surface area contributed by atoms with E-state index in [2.05, 4.69) is 5.32 Å². The number of nitrogens with two attached hydrogens (primary N) is 1. The predicted molar refractivity (Wildman–Crippen MR) is 68.1 cm³/mol. The van der Waals surface area contributed by atoms with E-state index in [1.165, 1.54) is 19.3 Å². The van der Waals surface area contributed by atoms with Crippen molar-refractivity contribution >= 4 is 23.1 Å². The molecule has 16 heavy (non-hydrogen) atoms. The smallest absolute Gasteiger partial charge is 0.233 e. The molecule has 0 atom stereocenters. The van der Waals surface area contributed by atoms with Gasteiger partial charge in [0.15, 0.2) is 0 Å².